The van der Waals surface area contributed by atoms with E-state index in [-0.39, 0.29) is 17.2 Å². The molecular weight excluding hydrogens is 226 g/mol. The van der Waals surface area contributed by atoms with E-state index in [0.717, 1.165) is 32.0 Å². The Morgan fingerprint density at radius 3 is 2.33 bits per heavy atom. The molecule has 0 aromatic rings. The van der Waals surface area contributed by atoms with Crippen LogP contribution in [-0.4, -0.2) is 53.5 Å². The lowest BCUT2D eigenvalue weighted by molar-refractivity contribution is -0.116. The molecule has 1 saturated heterocycles. The van der Waals surface area contributed by atoms with Crippen LogP contribution in [0.5, 0.6) is 0 Å². The number of ketones is 1. The second kappa shape index (κ2) is 4.84. The van der Waals surface area contributed by atoms with E-state index in [1.54, 1.807) is 12.3 Å². The molecule has 2 heterocycles. The Balaban J connectivity index is 1.97. The van der Waals surface area contributed by atoms with E-state index in [4.69, 9.17) is 0 Å². The Hall–Kier alpha value is -1.16. The first-order chi connectivity index (χ1) is 8.38. The molecule has 0 N–H and O–H groups in total. The molecule has 2 rings (SSSR count). The lowest BCUT2D eigenvalue weighted by Gasteiger charge is -2.43. The van der Waals surface area contributed by atoms with Gasteiger partial charge in [-0.25, -0.2) is 4.99 Å². The minimum absolute atomic E-state index is 0.0652. The van der Waals surface area contributed by atoms with E-state index in [9.17, 15) is 4.79 Å². The predicted octanol–water partition coefficient (Wildman–Crippen LogP) is 1.53. The molecule has 4 heteroatoms. The third-order valence-corrected chi connectivity index (χ3v) is 3.70. The summed E-state index contributed by atoms with van der Waals surface area (Å²) < 4.78 is 0. The van der Waals surface area contributed by atoms with E-state index in [0.29, 0.717) is 0 Å². The molecule has 0 amide bonds. The number of nitrogens with zero attached hydrogens (tertiary/aromatic N) is 3. The maximum absolute atomic E-state index is 11.7. The average molecular weight is 249 g/mol. The van der Waals surface area contributed by atoms with Gasteiger partial charge in [-0.05, 0) is 20.8 Å². The van der Waals surface area contributed by atoms with Crippen LogP contribution in [0.15, 0.2) is 16.9 Å². The third-order valence-electron chi connectivity index (χ3n) is 3.70. The van der Waals surface area contributed by atoms with Crippen molar-refractivity contribution >= 4 is 12.0 Å². The predicted molar refractivity (Wildman–Crippen MR) is 73.6 cm³/mol. The lowest BCUT2D eigenvalue weighted by atomic mass is 10.0. The standard InChI is InChI=1S/C14H23N3O/c1-11-10-15-13(9-12(11)18)16-5-7-17(8-6-16)14(2,3)4/h9-11H,5-8H2,1-4H3. The molecule has 1 atom stereocenters. The minimum atomic E-state index is -0.0652. The maximum atomic E-state index is 11.7. The molecule has 1 unspecified atom stereocenters. The fourth-order valence-corrected chi connectivity index (χ4v) is 2.34. The van der Waals surface area contributed by atoms with Gasteiger partial charge in [0.15, 0.2) is 5.78 Å². The monoisotopic (exact) mass is 249 g/mol. The van der Waals surface area contributed by atoms with Gasteiger partial charge < -0.3 is 4.90 Å². The van der Waals surface area contributed by atoms with E-state index in [1.807, 2.05) is 6.92 Å². The molecule has 2 aliphatic heterocycles. The SMILES string of the molecule is CC1C=NC(N2CCN(C(C)(C)C)CC2)=CC1=O. The molecule has 0 aromatic heterocycles. The minimum Gasteiger partial charge on any atom is -0.354 e. The van der Waals surface area contributed by atoms with Gasteiger partial charge in [0.1, 0.15) is 5.82 Å². The van der Waals surface area contributed by atoms with Crippen molar-refractivity contribution in [3.05, 3.63) is 11.9 Å². The molecule has 0 aromatic carbocycles. The van der Waals surface area contributed by atoms with Gasteiger partial charge in [0.05, 0.1) is 5.92 Å². The molecule has 0 spiro atoms. The Morgan fingerprint density at radius 2 is 1.83 bits per heavy atom. The van der Waals surface area contributed by atoms with Crippen molar-refractivity contribution in [1.29, 1.82) is 0 Å². The van der Waals surface area contributed by atoms with Crippen LogP contribution in [0.3, 0.4) is 0 Å². The van der Waals surface area contributed by atoms with Crippen LogP contribution < -0.4 is 0 Å². The molecule has 2 aliphatic rings. The van der Waals surface area contributed by atoms with Gasteiger partial charge in [0.25, 0.3) is 0 Å². The van der Waals surface area contributed by atoms with Gasteiger partial charge in [0, 0.05) is 44.0 Å². The molecule has 4 nitrogen and oxygen atoms in total. The largest absolute Gasteiger partial charge is 0.354 e. The summed E-state index contributed by atoms with van der Waals surface area (Å²) in [5, 5.41) is 0. The third kappa shape index (κ3) is 2.80. The van der Waals surface area contributed by atoms with Gasteiger partial charge in [0.2, 0.25) is 0 Å². The first kappa shape index (κ1) is 13.3. The van der Waals surface area contributed by atoms with Crippen LogP contribution in [0.25, 0.3) is 0 Å². The van der Waals surface area contributed by atoms with Gasteiger partial charge in [-0.2, -0.15) is 0 Å². The van der Waals surface area contributed by atoms with Crippen molar-refractivity contribution in [3.8, 4) is 0 Å². The van der Waals surface area contributed by atoms with Crippen LogP contribution in [0.4, 0.5) is 0 Å². The zero-order valence-electron chi connectivity index (χ0n) is 11.8. The topological polar surface area (TPSA) is 35.9 Å². The van der Waals surface area contributed by atoms with Crippen LogP contribution in [0, 0.1) is 5.92 Å². The lowest BCUT2D eigenvalue weighted by Crippen LogP contribution is -2.53. The molecule has 0 bridgehead atoms. The van der Waals surface area contributed by atoms with Crippen molar-refractivity contribution in [2.45, 2.75) is 33.2 Å². The molecule has 1 fully saturated rings. The fourth-order valence-electron chi connectivity index (χ4n) is 2.34. The summed E-state index contributed by atoms with van der Waals surface area (Å²) >= 11 is 0. The Kier molecular flexibility index (Phi) is 3.57. The van der Waals surface area contributed by atoms with Crippen LogP contribution in [-0.2, 0) is 4.79 Å². The highest BCUT2D eigenvalue weighted by molar-refractivity contribution is 6.03. The van der Waals surface area contributed by atoms with Crippen molar-refractivity contribution in [2.24, 2.45) is 10.9 Å². The number of carbonyl (C=O) groups is 1. The van der Waals surface area contributed by atoms with E-state index >= 15 is 0 Å². The first-order valence-corrected chi connectivity index (χ1v) is 6.67. The molecule has 0 aliphatic carbocycles. The van der Waals surface area contributed by atoms with Crippen molar-refractivity contribution in [1.82, 2.24) is 9.80 Å². The van der Waals surface area contributed by atoms with Gasteiger partial charge >= 0.3 is 0 Å². The molecular formula is C14H23N3O. The van der Waals surface area contributed by atoms with Gasteiger partial charge in [-0.1, -0.05) is 6.92 Å². The Labute approximate surface area is 109 Å². The summed E-state index contributed by atoms with van der Waals surface area (Å²) in [6.07, 6.45) is 3.45. The van der Waals surface area contributed by atoms with Gasteiger partial charge in [-0.3, -0.25) is 9.69 Å². The van der Waals surface area contributed by atoms with E-state index < -0.39 is 0 Å². The van der Waals surface area contributed by atoms with Crippen LogP contribution in [0.2, 0.25) is 0 Å². The smallest absolute Gasteiger partial charge is 0.167 e. The average Bonchev–Trinajstić information content (AvgIpc) is 2.32. The van der Waals surface area contributed by atoms with E-state index in [1.165, 1.54) is 0 Å². The highest BCUT2D eigenvalue weighted by Crippen LogP contribution is 2.20. The summed E-state index contributed by atoms with van der Waals surface area (Å²) in [5.41, 5.74) is 0.223. The maximum Gasteiger partial charge on any atom is 0.167 e. The molecule has 100 valence electrons. The van der Waals surface area contributed by atoms with Crippen LogP contribution in [0.1, 0.15) is 27.7 Å². The molecule has 18 heavy (non-hydrogen) atoms. The normalized spacial score (nSPS) is 26.4. The summed E-state index contributed by atoms with van der Waals surface area (Å²) in [4.78, 5) is 20.7. The first-order valence-electron chi connectivity index (χ1n) is 6.67. The van der Waals surface area contributed by atoms with Gasteiger partial charge in [-0.15, -0.1) is 0 Å². The Morgan fingerprint density at radius 1 is 1.22 bits per heavy atom. The number of piperazine rings is 1. The summed E-state index contributed by atoms with van der Waals surface area (Å²) in [5.74, 6) is 0.939. The number of aliphatic imine (C=N–C) groups is 1. The summed E-state index contributed by atoms with van der Waals surface area (Å²) in [6, 6.07) is 0. The van der Waals surface area contributed by atoms with E-state index in [2.05, 4.69) is 35.6 Å². The summed E-state index contributed by atoms with van der Waals surface area (Å²) in [7, 11) is 0. The number of hydrogen-bond acceptors (Lipinski definition) is 4. The van der Waals surface area contributed by atoms with Crippen molar-refractivity contribution in [2.75, 3.05) is 26.2 Å². The second-order valence-electron chi connectivity index (χ2n) is 6.12. The number of carbonyl (C=O) groups excluding carboxylic acids is 1. The highest BCUT2D eigenvalue weighted by Gasteiger charge is 2.27. The van der Waals surface area contributed by atoms with Crippen molar-refractivity contribution in [3.63, 3.8) is 0 Å². The zero-order valence-corrected chi connectivity index (χ0v) is 11.8. The molecule has 0 saturated carbocycles. The molecule has 0 radical (unpaired) electrons. The zero-order chi connectivity index (χ0) is 13.3. The summed E-state index contributed by atoms with van der Waals surface area (Å²) in [6.45, 7) is 12.6. The van der Waals surface area contributed by atoms with Crippen LogP contribution >= 0.6 is 0 Å². The quantitative estimate of drug-likeness (QED) is 0.707. The number of allylic oxidation sites excluding steroid dienone is 1. The van der Waals surface area contributed by atoms with Crippen molar-refractivity contribution < 1.29 is 4.79 Å². The number of hydrogen-bond donors (Lipinski definition) is 0. The Bertz CT molecular complexity index is 384. The fraction of sp³-hybridized carbons (Fsp3) is 0.714. The number of rotatable bonds is 1. The highest BCUT2D eigenvalue weighted by atomic mass is 16.1. The second-order valence-corrected chi connectivity index (χ2v) is 6.12.